The molecule has 0 saturated carbocycles. The van der Waals surface area contributed by atoms with E-state index >= 15 is 0 Å². The van der Waals surface area contributed by atoms with E-state index in [1.165, 1.54) is 71.6 Å². The van der Waals surface area contributed by atoms with Crippen molar-refractivity contribution in [2.75, 3.05) is 4.90 Å². The topological polar surface area (TPSA) is 16.4 Å². The summed E-state index contributed by atoms with van der Waals surface area (Å²) in [6.45, 7) is 16.4. The van der Waals surface area contributed by atoms with Gasteiger partial charge in [-0.2, -0.15) is 0 Å². The quantitative estimate of drug-likeness (QED) is 0.174. The molecule has 9 aromatic rings. The Balaban J connectivity index is 1.20. The highest BCUT2D eigenvalue weighted by molar-refractivity contribution is 6.27. The Morgan fingerprint density at radius 1 is 0.569 bits per heavy atom. The zero-order valence-corrected chi connectivity index (χ0v) is 33.7. The molecule has 58 heavy (non-hydrogen) atoms. The van der Waals surface area contributed by atoms with Crippen molar-refractivity contribution in [3.8, 4) is 22.3 Å². The molecule has 2 aliphatic rings. The number of para-hydroxylation sites is 2. The fourth-order valence-corrected chi connectivity index (χ4v) is 10.5. The number of anilines is 2. The molecule has 0 aliphatic heterocycles. The number of benzene rings is 8. The third kappa shape index (κ3) is 4.78. The maximum Gasteiger partial charge on any atom is 0.144 e. The summed E-state index contributed by atoms with van der Waals surface area (Å²) in [5.41, 5.74) is 16.1. The first kappa shape index (κ1) is 34.6. The normalized spacial score (nSPS) is 16.3. The van der Waals surface area contributed by atoms with Crippen molar-refractivity contribution in [3.63, 3.8) is 0 Å². The first-order chi connectivity index (χ1) is 28.1. The fraction of sp³-hybridized carbons (Fsp3) is 0.143. The lowest BCUT2D eigenvalue weighted by Gasteiger charge is -2.33. The summed E-state index contributed by atoms with van der Waals surface area (Å²) in [4.78, 5) is 2.53. The van der Waals surface area contributed by atoms with Gasteiger partial charge in [0.25, 0.3) is 0 Å². The van der Waals surface area contributed by atoms with E-state index in [4.69, 9.17) is 11.0 Å². The van der Waals surface area contributed by atoms with Crippen molar-refractivity contribution >= 4 is 60.4 Å². The molecule has 0 saturated heterocycles. The fourth-order valence-electron chi connectivity index (χ4n) is 10.5. The molecule has 0 radical (unpaired) electrons. The number of fused-ring (bicyclic) bond motifs is 12. The maximum absolute atomic E-state index is 7.39. The van der Waals surface area contributed by atoms with Crippen LogP contribution >= 0.6 is 0 Å². The number of furan rings is 1. The van der Waals surface area contributed by atoms with Gasteiger partial charge in [-0.1, -0.05) is 174 Å². The van der Waals surface area contributed by atoms with Crippen molar-refractivity contribution in [1.29, 1.82) is 0 Å². The molecule has 280 valence electrons. The number of hydrogen-bond donors (Lipinski definition) is 0. The van der Waals surface area contributed by atoms with Crippen LogP contribution in [0.5, 0.6) is 0 Å². The largest absolute Gasteiger partial charge is 0.455 e. The van der Waals surface area contributed by atoms with Gasteiger partial charge in [-0.05, 0) is 91.7 Å². The third-order valence-electron chi connectivity index (χ3n) is 13.4. The lowest BCUT2D eigenvalue weighted by atomic mass is 9.79. The van der Waals surface area contributed by atoms with Crippen molar-refractivity contribution < 1.29 is 4.42 Å². The average Bonchev–Trinajstić information content (AvgIpc) is 3.82. The van der Waals surface area contributed by atoms with E-state index in [0.29, 0.717) is 0 Å². The molecule has 1 aromatic heterocycles. The Morgan fingerprint density at radius 2 is 1.22 bits per heavy atom. The molecule has 0 bridgehead atoms. The zero-order valence-electron chi connectivity index (χ0n) is 33.7. The highest BCUT2D eigenvalue weighted by Crippen LogP contribution is 2.59. The van der Waals surface area contributed by atoms with Crippen LogP contribution in [0.3, 0.4) is 0 Å². The molecule has 2 heteroatoms. The number of rotatable bonds is 5. The lowest BCUT2D eigenvalue weighted by molar-refractivity contribution is 0.658. The van der Waals surface area contributed by atoms with E-state index in [9.17, 15) is 0 Å². The molecule has 0 amide bonds. The SMILES string of the molecule is C=C1/C(=C\[C@H](C)N(c2ccccc2)c2cccc3c2-c2c(c4ccccc4c4c2oc2c(-c5ccc6ccccc6c5)cccc24)C3(C)C)c2ccccc2C1(C)C. The lowest BCUT2D eigenvalue weighted by Crippen LogP contribution is -2.28. The number of hydrogen-bond acceptors (Lipinski definition) is 2. The molecule has 11 rings (SSSR count). The third-order valence-corrected chi connectivity index (χ3v) is 13.4. The van der Waals surface area contributed by atoms with Crippen LogP contribution in [0.2, 0.25) is 0 Å². The number of nitrogens with zero attached hydrogens (tertiary/aromatic N) is 1. The van der Waals surface area contributed by atoms with Crippen LogP contribution in [0.25, 0.3) is 71.3 Å². The summed E-state index contributed by atoms with van der Waals surface area (Å²) < 4.78 is 7.39. The van der Waals surface area contributed by atoms with E-state index in [1.807, 2.05) is 0 Å². The van der Waals surface area contributed by atoms with Crippen LogP contribution in [0.15, 0.2) is 180 Å². The maximum atomic E-state index is 7.39. The molecule has 0 spiro atoms. The number of allylic oxidation sites excluding steroid dienone is 2. The Morgan fingerprint density at radius 3 is 2.05 bits per heavy atom. The summed E-state index contributed by atoms with van der Waals surface area (Å²) in [7, 11) is 0. The zero-order chi connectivity index (χ0) is 39.5. The molecule has 2 nitrogen and oxygen atoms in total. The van der Waals surface area contributed by atoms with Crippen LogP contribution in [-0.2, 0) is 10.8 Å². The van der Waals surface area contributed by atoms with Crippen LogP contribution < -0.4 is 4.90 Å². The van der Waals surface area contributed by atoms with E-state index in [1.54, 1.807) is 0 Å². The highest BCUT2D eigenvalue weighted by atomic mass is 16.3. The minimum atomic E-state index is -0.290. The van der Waals surface area contributed by atoms with Gasteiger partial charge in [0.1, 0.15) is 11.2 Å². The van der Waals surface area contributed by atoms with Crippen LogP contribution in [0.1, 0.15) is 56.9 Å². The smallest absolute Gasteiger partial charge is 0.144 e. The van der Waals surface area contributed by atoms with E-state index in [2.05, 4.69) is 203 Å². The van der Waals surface area contributed by atoms with E-state index < -0.39 is 0 Å². The van der Waals surface area contributed by atoms with E-state index in [-0.39, 0.29) is 16.9 Å². The van der Waals surface area contributed by atoms with Crippen molar-refractivity contribution in [1.82, 2.24) is 0 Å². The molecular formula is C56H45NO. The van der Waals surface area contributed by atoms with Gasteiger partial charge in [0, 0.05) is 44.0 Å². The van der Waals surface area contributed by atoms with Gasteiger partial charge in [0.2, 0.25) is 0 Å². The van der Waals surface area contributed by atoms with Crippen molar-refractivity contribution in [2.45, 2.75) is 51.5 Å². The molecule has 2 aliphatic carbocycles. The average molecular weight is 748 g/mol. The summed E-state index contributed by atoms with van der Waals surface area (Å²) in [6, 6.07) is 57.5. The minimum absolute atomic E-state index is 0.0131. The summed E-state index contributed by atoms with van der Waals surface area (Å²) in [5, 5.41) is 7.27. The predicted molar refractivity (Wildman–Crippen MR) is 246 cm³/mol. The standard InChI is InChI=1S/C56H45NO/c1-34(32-45-35(2)55(3,4)46-27-15-14-22-41(45)46)57(39-20-8-7-9-21-39)48-29-17-28-47-50(48)51-52(56(47,5)6)43-24-13-12-23-42(43)49-44-26-16-25-40(53(44)58-54(49)51)38-31-30-36-18-10-11-19-37(36)33-38/h7-34H,2H2,1,3-6H3/b45-32+/t34-/m0/s1. The Hall–Kier alpha value is -6.64. The van der Waals surface area contributed by atoms with Crippen LogP contribution in [0, 0.1) is 0 Å². The highest BCUT2D eigenvalue weighted by Gasteiger charge is 2.43. The molecule has 1 heterocycles. The Kier molecular flexibility index (Phi) is 7.41. The molecule has 0 unspecified atom stereocenters. The second kappa shape index (κ2) is 12.4. The Bertz CT molecular complexity index is 3210. The van der Waals surface area contributed by atoms with Crippen molar-refractivity contribution in [2.24, 2.45) is 0 Å². The minimum Gasteiger partial charge on any atom is -0.455 e. The monoisotopic (exact) mass is 747 g/mol. The summed E-state index contributed by atoms with van der Waals surface area (Å²) in [6.07, 6.45) is 2.44. The van der Waals surface area contributed by atoms with Crippen LogP contribution in [0.4, 0.5) is 11.4 Å². The van der Waals surface area contributed by atoms with Gasteiger partial charge in [0.15, 0.2) is 0 Å². The first-order valence-corrected chi connectivity index (χ1v) is 20.5. The second-order valence-electron chi connectivity index (χ2n) is 17.3. The Labute approximate surface area is 340 Å². The van der Waals surface area contributed by atoms with Gasteiger partial charge < -0.3 is 9.32 Å². The summed E-state index contributed by atoms with van der Waals surface area (Å²) >= 11 is 0. The molecular weight excluding hydrogens is 703 g/mol. The van der Waals surface area contributed by atoms with Gasteiger partial charge in [-0.15, -0.1) is 0 Å². The molecule has 0 fully saturated rings. The van der Waals surface area contributed by atoms with Gasteiger partial charge in [-0.25, -0.2) is 0 Å². The molecule has 0 N–H and O–H groups in total. The van der Waals surface area contributed by atoms with Gasteiger partial charge in [0.05, 0.1) is 11.7 Å². The van der Waals surface area contributed by atoms with Gasteiger partial charge in [-0.3, -0.25) is 0 Å². The molecule has 1 atom stereocenters. The van der Waals surface area contributed by atoms with Crippen molar-refractivity contribution in [3.05, 3.63) is 198 Å². The van der Waals surface area contributed by atoms with E-state index in [0.717, 1.165) is 38.9 Å². The predicted octanol–water partition coefficient (Wildman–Crippen LogP) is 15.3. The van der Waals surface area contributed by atoms with Crippen LogP contribution in [-0.4, -0.2) is 6.04 Å². The first-order valence-electron chi connectivity index (χ1n) is 20.5. The second-order valence-corrected chi connectivity index (χ2v) is 17.3. The van der Waals surface area contributed by atoms with Gasteiger partial charge >= 0.3 is 0 Å². The molecule has 8 aromatic carbocycles. The summed E-state index contributed by atoms with van der Waals surface area (Å²) in [5.74, 6) is 0.